The first-order valence-electron chi connectivity index (χ1n) is 6.28. The predicted octanol–water partition coefficient (Wildman–Crippen LogP) is 1.79. The zero-order valence-corrected chi connectivity index (χ0v) is 11.2. The van der Waals surface area contributed by atoms with Gasteiger partial charge in [-0.3, -0.25) is 0 Å². The summed E-state index contributed by atoms with van der Waals surface area (Å²) in [4.78, 5) is 6.88. The molecule has 1 aromatic heterocycles. The van der Waals surface area contributed by atoms with Crippen molar-refractivity contribution in [2.24, 2.45) is 5.73 Å². The summed E-state index contributed by atoms with van der Waals surface area (Å²) in [6.45, 7) is 5.68. The number of rotatable bonds is 5. The van der Waals surface area contributed by atoms with Crippen molar-refractivity contribution in [2.75, 3.05) is 31.1 Å². The lowest BCUT2D eigenvalue weighted by Crippen LogP contribution is -2.37. The number of aryl methyl sites for hydroxylation is 1. The minimum Gasteiger partial charge on any atom is -0.378 e. The molecule has 0 atom stereocenters. The number of nitrogens with zero attached hydrogens (tertiary/aromatic N) is 2. The maximum Gasteiger partial charge on any atom is 0.185 e. The highest BCUT2D eigenvalue weighted by atomic mass is 32.1. The number of hydrogen-bond donors (Lipinski definition) is 1. The van der Waals surface area contributed by atoms with E-state index in [-0.39, 0.29) is 0 Å². The third-order valence-electron chi connectivity index (χ3n) is 3.02. The largest absolute Gasteiger partial charge is 0.378 e. The first-order valence-corrected chi connectivity index (χ1v) is 7.16. The molecule has 1 fully saturated rings. The maximum atomic E-state index is 5.79. The van der Waals surface area contributed by atoms with Crippen LogP contribution in [0.1, 0.15) is 25.0 Å². The molecular formula is C12H21N3OS. The monoisotopic (exact) mass is 255 g/mol. The van der Waals surface area contributed by atoms with Crippen LogP contribution in [-0.4, -0.2) is 37.3 Å². The molecular weight excluding hydrogens is 234 g/mol. The maximum absolute atomic E-state index is 5.79. The lowest BCUT2D eigenvalue weighted by Gasteiger charge is -2.31. The smallest absolute Gasteiger partial charge is 0.185 e. The van der Waals surface area contributed by atoms with Crippen LogP contribution < -0.4 is 10.6 Å². The number of aromatic nitrogens is 1. The van der Waals surface area contributed by atoms with Crippen LogP contribution in [0.2, 0.25) is 0 Å². The number of ether oxygens (including phenoxy) is 1. The van der Waals surface area contributed by atoms with E-state index in [1.807, 2.05) is 6.92 Å². The number of hydrogen-bond acceptors (Lipinski definition) is 5. The molecule has 4 nitrogen and oxygen atoms in total. The van der Waals surface area contributed by atoms with E-state index in [0.717, 1.165) is 56.3 Å². The normalized spacial score (nSPS) is 17.6. The van der Waals surface area contributed by atoms with E-state index in [4.69, 9.17) is 10.5 Å². The van der Waals surface area contributed by atoms with Gasteiger partial charge in [0.1, 0.15) is 0 Å². The van der Waals surface area contributed by atoms with Crippen LogP contribution in [0.25, 0.3) is 0 Å². The van der Waals surface area contributed by atoms with E-state index >= 15 is 0 Å². The van der Waals surface area contributed by atoms with E-state index in [1.54, 1.807) is 11.3 Å². The Kier molecular flexibility index (Phi) is 4.76. The zero-order valence-electron chi connectivity index (χ0n) is 10.4. The molecule has 0 amide bonds. The van der Waals surface area contributed by atoms with Crippen molar-refractivity contribution in [1.29, 1.82) is 0 Å². The summed E-state index contributed by atoms with van der Waals surface area (Å²) in [6, 6.07) is 0. The summed E-state index contributed by atoms with van der Waals surface area (Å²) in [6.07, 6.45) is 3.58. The molecule has 2 rings (SSSR count). The molecule has 1 aliphatic rings. The summed E-state index contributed by atoms with van der Waals surface area (Å²) < 4.78 is 5.79. The minimum absolute atomic E-state index is 0.416. The molecule has 2 heterocycles. The van der Waals surface area contributed by atoms with Crippen LogP contribution in [0.4, 0.5) is 5.13 Å². The number of thiazole rings is 1. The van der Waals surface area contributed by atoms with Gasteiger partial charge in [0.2, 0.25) is 0 Å². The highest BCUT2D eigenvalue weighted by molar-refractivity contribution is 7.13. The second-order valence-corrected chi connectivity index (χ2v) is 5.31. The van der Waals surface area contributed by atoms with E-state index in [0.29, 0.717) is 6.10 Å². The average molecular weight is 255 g/mol. The lowest BCUT2D eigenvalue weighted by molar-refractivity contribution is 0.0366. The van der Waals surface area contributed by atoms with E-state index in [1.165, 1.54) is 0 Å². The van der Waals surface area contributed by atoms with Crippen LogP contribution in [-0.2, 0) is 4.74 Å². The lowest BCUT2D eigenvalue weighted by atomic mass is 10.1. The first-order chi connectivity index (χ1) is 8.29. The number of piperidine rings is 1. The molecule has 0 aromatic carbocycles. The van der Waals surface area contributed by atoms with Crippen molar-refractivity contribution in [1.82, 2.24) is 4.98 Å². The molecule has 0 aliphatic carbocycles. The fourth-order valence-electron chi connectivity index (χ4n) is 2.03. The Labute approximate surface area is 107 Å². The van der Waals surface area contributed by atoms with Gasteiger partial charge in [-0.1, -0.05) is 0 Å². The third-order valence-corrected chi connectivity index (χ3v) is 4.04. The molecule has 0 spiro atoms. The van der Waals surface area contributed by atoms with Crippen molar-refractivity contribution < 1.29 is 4.74 Å². The molecule has 17 heavy (non-hydrogen) atoms. The molecule has 5 heteroatoms. The fraction of sp³-hybridized carbons (Fsp3) is 0.750. The molecule has 1 aliphatic heterocycles. The highest BCUT2D eigenvalue weighted by Gasteiger charge is 2.21. The Morgan fingerprint density at radius 2 is 2.29 bits per heavy atom. The van der Waals surface area contributed by atoms with E-state index in [9.17, 15) is 0 Å². The van der Waals surface area contributed by atoms with Gasteiger partial charge >= 0.3 is 0 Å². The fourth-order valence-corrected chi connectivity index (χ4v) is 2.89. The summed E-state index contributed by atoms with van der Waals surface area (Å²) in [5, 5.41) is 3.27. The van der Waals surface area contributed by atoms with Gasteiger partial charge in [0.25, 0.3) is 0 Å². The van der Waals surface area contributed by atoms with Crippen LogP contribution in [0.3, 0.4) is 0 Å². The van der Waals surface area contributed by atoms with Gasteiger partial charge in [-0.15, -0.1) is 11.3 Å². The Morgan fingerprint density at radius 3 is 2.88 bits per heavy atom. The predicted molar refractivity (Wildman–Crippen MR) is 71.7 cm³/mol. The minimum atomic E-state index is 0.416. The number of nitrogens with two attached hydrogens (primary N) is 1. The van der Waals surface area contributed by atoms with Gasteiger partial charge in [-0.05, 0) is 32.7 Å². The average Bonchev–Trinajstić information content (AvgIpc) is 2.77. The Morgan fingerprint density at radius 1 is 1.53 bits per heavy atom. The molecule has 0 bridgehead atoms. The molecule has 0 radical (unpaired) electrons. The molecule has 96 valence electrons. The first kappa shape index (κ1) is 12.8. The van der Waals surface area contributed by atoms with Gasteiger partial charge < -0.3 is 15.4 Å². The second-order valence-electron chi connectivity index (χ2n) is 4.47. The molecule has 1 aromatic rings. The van der Waals surface area contributed by atoms with Gasteiger partial charge in [0.15, 0.2) is 5.13 Å². The van der Waals surface area contributed by atoms with Crippen LogP contribution in [0, 0.1) is 6.92 Å². The van der Waals surface area contributed by atoms with Crippen molar-refractivity contribution in [2.45, 2.75) is 32.3 Å². The van der Waals surface area contributed by atoms with E-state index in [2.05, 4.69) is 15.3 Å². The van der Waals surface area contributed by atoms with Gasteiger partial charge in [-0.25, -0.2) is 4.98 Å². The van der Waals surface area contributed by atoms with Gasteiger partial charge in [0.05, 0.1) is 11.8 Å². The second kappa shape index (κ2) is 6.33. The molecule has 0 saturated carbocycles. The van der Waals surface area contributed by atoms with Crippen LogP contribution in [0.5, 0.6) is 0 Å². The Balaban J connectivity index is 1.74. The Hall–Kier alpha value is -0.650. The van der Waals surface area contributed by atoms with Gasteiger partial charge in [0, 0.05) is 25.1 Å². The van der Waals surface area contributed by atoms with Crippen molar-refractivity contribution in [3.05, 3.63) is 11.1 Å². The van der Waals surface area contributed by atoms with Crippen LogP contribution >= 0.6 is 11.3 Å². The topological polar surface area (TPSA) is 51.4 Å². The summed E-state index contributed by atoms with van der Waals surface area (Å²) in [5.41, 5.74) is 6.57. The summed E-state index contributed by atoms with van der Waals surface area (Å²) in [5.74, 6) is 0. The van der Waals surface area contributed by atoms with Crippen LogP contribution in [0.15, 0.2) is 5.38 Å². The SMILES string of the molecule is Cc1csc(N2CCC(OCCCN)CC2)n1. The highest BCUT2D eigenvalue weighted by Crippen LogP contribution is 2.24. The van der Waals surface area contributed by atoms with E-state index < -0.39 is 0 Å². The number of anilines is 1. The molecule has 0 unspecified atom stereocenters. The third kappa shape index (κ3) is 3.66. The standard InChI is InChI=1S/C12H21N3OS/c1-10-9-17-12(14-10)15-6-3-11(4-7-15)16-8-2-5-13/h9,11H,2-8,13H2,1H3. The summed E-state index contributed by atoms with van der Waals surface area (Å²) in [7, 11) is 0. The molecule has 2 N–H and O–H groups in total. The van der Waals surface area contributed by atoms with Crippen molar-refractivity contribution >= 4 is 16.5 Å². The van der Waals surface area contributed by atoms with Crippen molar-refractivity contribution in [3.63, 3.8) is 0 Å². The zero-order chi connectivity index (χ0) is 12.1. The summed E-state index contributed by atoms with van der Waals surface area (Å²) >= 11 is 1.74. The quantitative estimate of drug-likeness (QED) is 0.815. The molecule has 1 saturated heterocycles. The van der Waals surface area contributed by atoms with Crippen molar-refractivity contribution in [3.8, 4) is 0 Å². The Bertz CT molecular complexity index is 334. The van der Waals surface area contributed by atoms with Gasteiger partial charge in [-0.2, -0.15) is 0 Å².